The Morgan fingerprint density at radius 3 is 2.70 bits per heavy atom. The van der Waals surface area contributed by atoms with Crippen molar-refractivity contribution in [3.63, 3.8) is 0 Å². The molecule has 0 unspecified atom stereocenters. The molecule has 0 aliphatic carbocycles. The van der Waals surface area contributed by atoms with E-state index in [0.717, 1.165) is 42.6 Å². The topological polar surface area (TPSA) is 48.1 Å². The van der Waals surface area contributed by atoms with Gasteiger partial charge in [-0.15, -0.1) is 12.4 Å². The Labute approximate surface area is 165 Å². The van der Waals surface area contributed by atoms with Crippen molar-refractivity contribution in [3.05, 3.63) is 71.9 Å². The zero-order valence-corrected chi connectivity index (χ0v) is 16.2. The molecule has 0 spiro atoms. The van der Waals surface area contributed by atoms with Gasteiger partial charge >= 0.3 is 0 Å². The van der Waals surface area contributed by atoms with Gasteiger partial charge in [0.2, 0.25) is 0 Å². The van der Waals surface area contributed by atoms with Gasteiger partial charge in [-0.2, -0.15) is 0 Å². The second-order valence-corrected chi connectivity index (χ2v) is 6.66. The van der Waals surface area contributed by atoms with Crippen LogP contribution in [-0.2, 0) is 0 Å². The van der Waals surface area contributed by atoms with Crippen LogP contribution < -0.4 is 5.32 Å². The molecular weight excluding hydrogens is 358 g/mol. The molecule has 0 bridgehead atoms. The van der Waals surface area contributed by atoms with Crippen LogP contribution in [0.2, 0.25) is 0 Å². The van der Waals surface area contributed by atoms with Gasteiger partial charge in [0.15, 0.2) is 0 Å². The van der Waals surface area contributed by atoms with Crippen LogP contribution in [0.25, 0.3) is 16.5 Å². The van der Waals surface area contributed by atoms with Crippen molar-refractivity contribution >= 4 is 40.5 Å². The number of hydrogen-bond donors (Lipinski definition) is 2. The quantitative estimate of drug-likeness (QED) is 0.671. The van der Waals surface area contributed by atoms with Crippen LogP contribution in [0.1, 0.15) is 29.3 Å². The molecule has 1 aliphatic heterocycles. The van der Waals surface area contributed by atoms with Gasteiger partial charge < -0.3 is 10.3 Å². The fourth-order valence-corrected chi connectivity index (χ4v) is 3.50. The molecule has 4 nitrogen and oxygen atoms in total. The third-order valence-electron chi connectivity index (χ3n) is 5.06. The number of benzene rings is 2. The molecule has 0 atom stereocenters. The van der Waals surface area contributed by atoms with E-state index in [1.54, 1.807) is 0 Å². The van der Waals surface area contributed by atoms with E-state index in [-0.39, 0.29) is 18.3 Å². The van der Waals surface area contributed by atoms with Crippen LogP contribution >= 0.6 is 12.4 Å². The van der Waals surface area contributed by atoms with Crippen LogP contribution in [0.4, 0.5) is 5.69 Å². The predicted octanol–water partition coefficient (Wildman–Crippen LogP) is 4.95. The molecular formula is C22H24ClN3O. The second kappa shape index (κ2) is 8.42. The Kier molecular flexibility index (Phi) is 5.99. The molecule has 3 aromatic rings. The number of H-pyrrole nitrogens is 1. The zero-order chi connectivity index (χ0) is 17.9. The Bertz CT molecular complexity index is 962. The minimum atomic E-state index is -0.0856. The summed E-state index contributed by atoms with van der Waals surface area (Å²) < 4.78 is 0. The summed E-state index contributed by atoms with van der Waals surface area (Å²) in [5.41, 5.74) is 5.20. The average molecular weight is 382 g/mol. The molecule has 0 saturated carbocycles. The lowest BCUT2D eigenvalue weighted by atomic mass is 9.98. The number of likely N-dealkylation sites (N-methyl/N-ethyl adjacent to an activating group) is 1. The summed E-state index contributed by atoms with van der Waals surface area (Å²) in [7, 11) is 0. The number of fused-ring (bicyclic) bond motifs is 1. The Hall–Kier alpha value is -2.56. The highest BCUT2D eigenvalue weighted by molar-refractivity contribution is 6.05. The summed E-state index contributed by atoms with van der Waals surface area (Å²) >= 11 is 0. The van der Waals surface area contributed by atoms with Crippen molar-refractivity contribution in [2.24, 2.45) is 0 Å². The number of rotatable bonds is 4. The van der Waals surface area contributed by atoms with Crippen molar-refractivity contribution in [1.29, 1.82) is 0 Å². The SMILES string of the molecule is CCN1CC=C(c2c[nH]c3ccc(NC(=O)c4ccccc4)cc23)CC1.Cl. The molecule has 1 aromatic heterocycles. The minimum Gasteiger partial charge on any atom is -0.361 e. The smallest absolute Gasteiger partial charge is 0.255 e. The van der Waals surface area contributed by atoms with Gasteiger partial charge in [0, 0.05) is 47.0 Å². The van der Waals surface area contributed by atoms with E-state index in [2.05, 4.69) is 40.5 Å². The van der Waals surface area contributed by atoms with Gasteiger partial charge in [0.1, 0.15) is 0 Å². The van der Waals surface area contributed by atoms with Gasteiger partial charge in [0.05, 0.1) is 0 Å². The first-order valence-electron chi connectivity index (χ1n) is 9.14. The fourth-order valence-electron chi connectivity index (χ4n) is 3.50. The zero-order valence-electron chi connectivity index (χ0n) is 15.4. The number of nitrogens with one attached hydrogen (secondary N) is 2. The lowest BCUT2D eigenvalue weighted by Gasteiger charge is -2.24. The van der Waals surface area contributed by atoms with Crippen molar-refractivity contribution in [2.45, 2.75) is 13.3 Å². The molecule has 2 aromatic carbocycles. The van der Waals surface area contributed by atoms with Gasteiger partial charge in [-0.3, -0.25) is 9.69 Å². The second-order valence-electron chi connectivity index (χ2n) is 6.66. The summed E-state index contributed by atoms with van der Waals surface area (Å²) in [6, 6.07) is 15.3. The molecule has 140 valence electrons. The maximum Gasteiger partial charge on any atom is 0.255 e. The predicted molar refractivity (Wildman–Crippen MR) is 115 cm³/mol. The minimum absolute atomic E-state index is 0. The van der Waals surface area contributed by atoms with E-state index < -0.39 is 0 Å². The standard InChI is InChI=1S/C22H23N3O.ClH/c1-2-25-12-10-16(11-13-25)20-15-23-21-9-8-18(14-19(20)21)24-22(26)17-6-4-3-5-7-17;/h3-10,14-15,23H,2,11-13H2,1H3,(H,24,26);1H. The van der Waals surface area contributed by atoms with Crippen LogP contribution in [0.5, 0.6) is 0 Å². The molecule has 5 heteroatoms. The van der Waals surface area contributed by atoms with Crippen molar-refractivity contribution in [3.8, 4) is 0 Å². The van der Waals surface area contributed by atoms with E-state index in [1.807, 2.05) is 42.5 Å². The van der Waals surface area contributed by atoms with Gasteiger partial charge in [0.25, 0.3) is 5.91 Å². The average Bonchev–Trinajstić information content (AvgIpc) is 3.12. The summed E-state index contributed by atoms with van der Waals surface area (Å²) in [5, 5.41) is 4.17. The number of hydrogen-bond acceptors (Lipinski definition) is 2. The van der Waals surface area contributed by atoms with Crippen LogP contribution in [-0.4, -0.2) is 35.4 Å². The van der Waals surface area contributed by atoms with Crippen molar-refractivity contribution in [1.82, 2.24) is 9.88 Å². The van der Waals surface area contributed by atoms with Crippen molar-refractivity contribution in [2.75, 3.05) is 25.0 Å². The lowest BCUT2D eigenvalue weighted by Crippen LogP contribution is -2.27. The summed E-state index contributed by atoms with van der Waals surface area (Å²) in [6.45, 7) is 5.39. The third-order valence-corrected chi connectivity index (χ3v) is 5.06. The molecule has 2 N–H and O–H groups in total. The van der Waals surface area contributed by atoms with Gasteiger partial charge in [-0.25, -0.2) is 0 Å². The summed E-state index contributed by atoms with van der Waals surface area (Å²) in [4.78, 5) is 18.2. The number of aromatic amines is 1. The van der Waals surface area contributed by atoms with E-state index in [9.17, 15) is 4.79 Å². The molecule has 2 heterocycles. The highest BCUT2D eigenvalue weighted by Crippen LogP contribution is 2.31. The molecule has 27 heavy (non-hydrogen) atoms. The number of halogens is 1. The first kappa shape index (κ1) is 19.2. The lowest BCUT2D eigenvalue weighted by molar-refractivity contribution is 0.102. The monoisotopic (exact) mass is 381 g/mol. The highest BCUT2D eigenvalue weighted by atomic mass is 35.5. The molecule has 0 saturated heterocycles. The van der Waals surface area contributed by atoms with E-state index in [1.165, 1.54) is 11.1 Å². The molecule has 1 aliphatic rings. The Morgan fingerprint density at radius 2 is 2.00 bits per heavy atom. The molecule has 1 amide bonds. The third kappa shape index (κ3) is 4.07. The number of carbonyl (C=O) groups excluding carboxylic acids is 1. The van der Waals surface area contributed by atoms with E-state index in [4.69, 9.17) is 0 Å². The number of aromatic nitrogens is 1. The number of anilines is 1. The number of nitrogens with zero attached hydrogens (tertiary/aromatic N) is 1. The molecule has 4 rings (SSSR count). The maximum atomic E-state index is 12.4. The van der Waals surface area contributed by atoms with Crippen LogP contribution in [0.15, 0.2) is 60.8 Å². The number of amides is 1. The summed E-state index contributed by atoms with van der Waals surface area (Å²) in [6.07, 6.45) is 5.47. The maximum absolute atomic E-state index is 12.4. The van der Waals surface area contributed by atoms with Gasteiger partial charge in [-0.1, -0.05) is 31.2 Å². The van der Waals surface area contributed by atoms with E-state index >= 15 is 0 Å². The van der Waals surface area contributed by atoms with Gasteiger partial charge in [-0.05, 0) is 48.9 Å². The van der Waals surface area contributed by atoms with Crippen LogP contribution in [0.3, 0.4) is 0 Å². The van der Waals surface area contributed by atoms with Crippen LogP contribution in [0, 0.1) is 0 Å². The normalized spacial score (nSPS) is 14.5. The molecule has 0 fully saturated rings. The van der Waals surface area contributed by atoms with Crippen molar-refractivity contribution < 1.29 is 4.79 Å². The largest absolute Gasteiger partial charge is 0.361 e. The molecule has 0 radical (unpaired) electrons. The fraction of sp³-hybridized carbons (Fsp3) is 0.227. The first-order valence-corrected chi connectivity index (χ1v) is 9.14. The summed E-state index contributed by atoms with van der Waals surface area (Å²) in [5.74, 6) is -0.0856. The highest BCUT2D eigenvalue weighted by Gasteiger charge is 2.15. The Balaban J connectivity index is 0.00000210. The first-order chi connectivity index (χ1) is 12.7. The Morgan fingerprint density at radius 1 is 1.19 bits per heavy atom. The van der Waals surface area contributed by atoms with E-state index in [0.29, 0.717) is 5.56 Å². The number of carbonyl (C=O) groups is 1.